The van der Waals surface area contributed by atoms with E-state index in [-0.39, 0.29) is 46.9 Å². The summed E-state index contributed by atoms with van der Waals surface area (Å²) in [5.74, 6) is -2.34. The van der Waals surface area contributed by atoms with Crippen LogP contribution in [0.25, 0.3) is 0 Å². The van der Waals surface area contributed by atoms with Crippen LogP contribution < -0.4 is 21.3 Å². The van der Waals surface area contributed by atoms with Gasteiger partial charge in [-0.1, -0.05) is 87.3 Å². The van der Waals surface area contributed by atoms with E-state index >= 15 is 0 Å². The van der Waals surface area contributed by atoms with E-state index in [4.69, 9.17) is 0 Å². The largest absolute Gasteiger partial charge is 0.346 e. The highest BCUT2D eigenvalue weighted by Gasteiger charge is 2.70. The van der Waals surface area contributed by atoms with E-state index in [0.717, 1.165) is 30.6 Å². The number of Topliss-reactive ketones (excluding diaryl/α,β-unsaturated/α-hetero) is 1. The predicted octanol–water partition coefficient (Wildman–Crippen LogP) is 4.31. The van der Waals surface area contributed by atoms with Crippen molar-refractivity contribution < 1.29 is 32.4 Å². The molecule has 1 unspecified atom stereocenters. The number of hydrogen-bond donors (Lipinski definition) is 4. The summed E-state index contributed by atoms with van der Waals surface area (Å²) in [4.78, 5) is 69.9. The number of nitrogens with zero attached hydrogens (tertiary/aromatic N) is 2. The highest BCUT2D eigenvalue weighted by atomic mass is 32.2. The lowest BCUT2D eigenvalue weighted by atomic mass is 9.85. The summed E-state index contributed by atoms with van der Waals surface area (Å²) in [6, 6.07) is -0.940. The highest BCUT2D eigenvalue weighted by molar-refractivity contribution is 7.91. The molecule has 3 aliphatic rings. The number of unbranched alkanes of at least 4 members (excludes halogenated alkanes) is 1. The van der Waals surface area contributed by atoms with Gasteiger partial charge in [0.2, 0.25) is 17.6 Å². The zero-order valence-electron chi connectivity index (χ0n) is 33.5. The molecule has 5 amide bonds. The van der Waals surface area contributed by atoms with E-state index in [1.165, 1.54) is 15.3 Å². The number of carbonyl (C=O) groups is 5. The minimum absolute atomic E-state index is 0.0420. The Kier molecular flexibility index (Phi) is 13.5. The van der Waals surface area contributed by atoms with Crippen molar-refractivity contribution in [2.45, 2.75) is 123 Å². The van der Waals surface area contributed by atoms with Crippen LogP contribution in [0.2, 0.25) is 0 Å². The highest BCUT2D eigenvalue weighted by Crippen LogP contribution is 2.65. The number of piperidine rings is 1. The maximum absolute atomic E-state index is 14.6. The van der Waals surface area contributed by atoms with Crippen molar-refractivity contribution in [1.82, 2.24) is 30.5 Å². The van der Waals surface area contributed by atoms with Crippen molar-refractivity contribution in [1.29, 1.82) is 0 Å². The third kappa shape index (κ3) is 10.1. The smallest absolute Gasteiger partial charge is 0.315 e. The van der Waals surface area contributed by atoms with Crippen molar-refractivity contribution in [3.05, 3.63) is 30.2 Å². The first-order valence-corrected chi connectivity index (χ1v) is 21.5. The standard InChI is InChI=1S/C39H62N6O7S2/c1-11-13-15-26(31(46)34(48)40-19-12-2)41-33(47)30-29-25(39(29,9)10)22-45(30)35(49)32(38(6,7)8)43-36(50)42-27(37(3,4)5)23-44(21-24-17-18-24)54(51,52)28-16-14-20-53-28/h12,14,16,20,24-27,29-30,32H,2,11,13,15,17-19,21-23H2,1,3-10H3,(H,40,48)(H,41,47)(H2,42,43,50)/t25-,26?,27+,29-,30-,32+/m0/s1. The van der Waals surface area contributed by atoms with E-state index in [9.17, 15) is 32.4 Å². The first-order valence-electron chi connectivity index (χ1n) is 19.2. The summed E-state index contributed by atoms with van der Waals surface area (Å²) in [7, 11) is -3.79. The van der Waals surface area contributed by atoms with Gasteiger partial charge in [0.25, 0.3) is 15.9 Å². The van der Waals surface area contributed by atoms with Crippen LogP contribution in [-0.4, -0.2) is 97.5 Å². The first-order chi connectivity index (χ1) is 25.0. The number of hydrogen-bond acceptors (Lipinski definition) is 8. The molecule has 2 saturated carbocycles. The number of ketones is 1. The summed E-state index contributed by atoms with van der Waals surface area (Å²) in [6.07, 6.45) is 5.00. The van der Waals surface area contributed by atoms with Crippen LogP contribution in [0.15, 0.2) is 34.4 Å². The monoisotopic (exact) mass is 790 g/mol. The van der Waals surface area contributed by atoms with Crippen LogP contribution in [0.5, 0.6) is 0 Å². The second-order valence-electron chi connectivity index (χ2n) is 18.0. The van der Waals surface area contributed by atoms with E-state index in [2.05, 4.69) is 41.7 Å². The maximum Gasteiger partial charge on any atom is 0.315 e. The minimum atomic E-state index is -3.79. The van der Waals surface area contributed by atoms with Crippen LogP contribution >= 0.6 is 11.3 Å². The topological polar surface area (TPSA) is 174 Å². The fourth-order valence-corrected chi connectivity index (χ4v) is 10.1. The lowest BCUT2D eigenvalue weighted by Gasteiger charge is -2.39. The zero-order valence-corrected chi connectivity index (χ0v) is 35.1. The van der Waals surface area contributed by atoms with Gasteiger partial charge in [-0.05, 0) is 64.7 Å². The Morgan fingerprint density at radius 1 is 1.06 bits per heavy atom. The Bertz CT molecular complexity index is 1660. The number of nitrogens with one attached hydrogen (secondary N) is 4. The molecule has 4 rings (SSSR count). The molecule has 2 aliphatic carbocycles. The van der Waals surface area contributed by atoms with Crippen LogP contribution in [0.4, 0.5) is 4.79 Å². The van der Waals surface area contributed by atoms with Crippen molar-refractivity contribution in [2.24, 2.45) is 34.0 Å². The van der Waals surface area contributed by atoms with Crippen molar-refractivity contribution in [3.8, 4) is 0 Å². The molecule has 0 radical (unpaired) electrons. The van der Waals surface area contributed by atoms with Gasteiger partial charge in [-0.15, -0.1) is 17.9 Å². The average molecular weight is 791 g/mol. The molecule has 1 saturated heterocycles. The van der Waals surface area contributed by atoms with Gasteiger partial charge in [-0.2, -0.15) is 4.31 Å². The van der Waals surface area contributed by atoms with Gasteiger partial charge in [0.15, 0.2) is 0 Å². The number of sulfonamides is 1. The second-order valence-corrected chi connectivity index (χ2v) is 21.1. The number of rotatable bonds is 18. The number of amides is 5. The Labute approximate surface area is 325 Å². The molecule has 1 aromatic heterocycles. The molecular formula is C39H62N6O7S2. The molecule has 54 heavy (non-hydrogen) atoms. The van der Waals surface area contributed by atoms with E-state index < -0.39 is 74.6 Å². The number of likely N-dealkylation sites (tertiary alicyclic amines) is 1. The van der Waals surface area contributed by atoms with Gasteiger partial charge >= 0.3 is 6.03 Å². The number of urea groups is 1. The summed E-state index contributed by atoms with van der Waals surface area (Å²) in [6.45, 7) is 21.7. The Hall–Kier alpha value is -3.30. The van der Waals surface area contributed by atoms with Gasteiger partial charge < -0.3 is 26.2 Å². The summed E-state index contributed by atoms with van der Waals surface area (Å²) < 4.78 is 29.2. The molecule has 3 fully saturated rings. The lowest BCUT2D eigenvalue weighted by molar-refractivity contribution is -0.145. The molecule has 2 heterocycles. The maximum atomic E-state index is 14.6. The number of fused-ring (bicyclic) bond motifs is 1. The van der Waals surface area contributed by atoms with Crippen LogP contribution in [0.1, 0.15) is 94.4 Å². The molecule has 0 aromatic carbocycles. The van der Waals surface area contributed by atoms with Gasteiger partial charge in [-0.25, -0.2) is 13.2 Å². The Morgan fingerprint density at radius 2 is 1.72 bits per heavy atom. The van der Waals surface area contributed by atoms with Gasteiger partial charge in [-0.3, -0.25) is 19.2 Å². The normalized spacial score (nSPS) is 22.4. The number of carbonyl (C=O) groups excluding carboxylic acids is 5. The summed E-state index contributed by atoms with van der Waals surface area (Å²) >= 11 is 1.16. The lowest BCUT2D eigenvalue weighted by Crippen LogP contribution is -2.63. The van der Waals surface area contributed by atoms with Crippen molar-refractivity contribution >= 4 is 50.9 Å². The van der Waals surface area contributed by atoms with Gasteiger partial charge in [0.05, 0.1) is 6.04 Å². The molecule has 0 bridgehead atoms. The predicted molar refractivity (Wildman–Crippen MR) is 210 cm³/mol. The molecule has 1 aromatic rings. The van der Waals surface area contributed by atoms with Crippen LogP contribution in [-0.2, 0) is 29.2 Å². The molecular weight excluding hydrogens is 729 g/mol. The van der Waals surface area contributed by atoms with Crippen LogP contribution in [0, 0.1) is 34.0 Å². The molecule has 302 valence electrons. The van der Waals surface area contributed by atoms with Gasteiger partial charge in [0, 0.05) is 32.2 Å². The van der Waals surface area contributed by atoms with E-state index in [1.54, 1.807) is 17.5 Å². The third-order valence-electron chi connectivity index (χ3n) is 11.2. The molecule has 4 N–H and O–H groups in total. The molecule has 1 aliphatic heterocycles. The fourth-order valence-electron chi connectivity index (χ4n) is 7.44. The van der Waals surface area contributed by atoms with E-state index in [1.807, 2.05) is 48.5 Å². The fraction of sp³-hybridized carbons (Fsp3) is 0.718. The van der Waals surface area contributed by atoms with E-state index in [0.29, 0.717) is 19.5 Å². The second kappa shape index (κ2) is 16.8. The molecule has 15 heteroatoms. The number of thiophene rings is 1. The summed E-state index contributed by atoms with van der Waals surface area (Å²) in [5.41, 5.74) is -1.55. The Balaban J connectivity index is 1.55. The minimum Gasteiger partial charge on any atom is -0.346 e. The van der Waals surface area contributed by atoms with Crippen LogP contribution in [0.3, 0.4) is 0 Å². The van der Waals surface area contributed by atoms with Gasteiger partial charge in [0.1, 0.15) is 16.3 Å². The first kappa shape index (κ1) is 43.4. The van der Waals surface area contributed by atoms with Crippen molar-refractivity contribution in [3.63, 3.8) is 0 Å². The Morgan fingerprint density at radius 3 is 2.26 bits per heavy atom. The molecule has 0 spiro atoms. The third-order valence-corrected chi connectivity index (χ3v) is 14.4. The molecule has 6 atom stereocenters. The molecule has 13 nitrogen and oxygen atoms in total. The van der Waals surface area contributed by atoms with Crippen molar-refractivity contribution in [2.75, 3.05) is 26.2 Å². The average Bonchev–Trinajstić information content (AvgIpc) is 3.77. The summed E-state index contributed by atoms with van der Waals surface area (Å²) in [5, 5.41) is 13.0. The zero-order chi connectivity index (χ0) is 40.4. The SMILES string of the molecule is C=CCNC(=O)C(=O)C(CCCC)NC(=O)[C@@H]1[C@@H]2[C@H](CN1C(=O)[C@@H](NC(=O)N[C@H](CN(CC1CC1)S(=O)(=O)c1cccs1)C(C)(C)C)C(C)(C)C)C2(C)C. The quantitative estimate of drug-likeness (QED) is 0.127.